The van der Waals surface area contributed by atoms with E-state index >= 15 is 0 Å². The number of hydrogen-bond acceptors (Lipinski definition) is 1. The van der Waals surface area contributed by atoms with Crippen LogP contribution in [-0.2, 0) is 0 Å². The number of ether oxygens (including phenoxy) is 1. The molecule has 0 bridgehead atoms. The Hall–Kier alpha value is -1.42. The summed E-state index contributed by atoms with van der Waals surface area (Å²) in [6.45, 7) is 6.01. The molecule has 0 N–H and O–H groups in total. The van der Waals surface area contributed by atoms with E-state index in [1.807, 2.05) is 45.0 Å². The summed E-state index contributed by atoms with van der Waals surface area (Å²) >= 11 is 0. The third-order valence-corrected chi connectivity index (χ3v) is 1.20. The molecule has 0 amide bonds. The van der Waals surface area contributed by atoms with Crippen molar-refractivity contribution in [2.45, 2.75) is 20.8 Å². The van der Waals surface area contributed by atoms with Crippen LogP contribution in [0.4, 0.5) is 0 Å². The Morgan fingerprint density at radius 2 is 1.67 bits per heavy atom. The van der Waals surface area contributed by atoms with Gasteiger partial charge in [0.25, 0.3) is 0 Å². The van der Waals surface area contributed by atoms with E-state index in [1.54, 1.807) is 0 Å². The fraction of sp³-hybridized carbons (Fsp3) is 0.273. The summed E-state index contributed by atoms with van der Waals surface area (Å²) in [4.78, 5) is 0. The second-order valence-electron chi connectivity index (χ2n) is 2.03. The Morgan fingerprint density at radius 1 is 1.17 bits per heavy atom. The van der Waals surface area contributed by atoms with Crippen LogP contribution in [0.25, 0.3) is 0 Å². The van der Waals surface area contributed by atoms with Gasteiger partial charge in [-0.25, -0.2) is 0 Å². The van der Waals surface area contributed by atoms with Gasteiger partial charge in [-0.05, 0) is 19.1 Å². The van der Waals surface area contributed by atoms with E-state index in [0.29, 0.717) is 5.75 Å². The first-order valence-corrected chi connectivity index (χ1v) is 4.02. The van der Waals surface area contributed by atoms with Crippen LogP contribution in [0.2, 0.25) is 0 Å². The van der Waals surface area contributed by atoms with Crippen molar-refractivity contribution in [2.24, 2.45) is 0 Å². The van der Waals surface area contributed by atoms with Gasteiger partial charge in [-0.1, -0.05) is 38.0 Å². The van der Waals surface area contributed by atoms with Crippen molar-refractivity contribution in [1.82, 2.24) is 0 Å². The van der Waals surface area contributed by atoms with Gasteiger partial charge in [0.15, 0.2) is 0 Å². The van der Waals surface area contributed by atoms with Gasteiger partial charge in [0.1, 0.15) is 11.9 Å². The van der Waals surface area contributed by atoms with E-state index in [9.17, 15) is 0 Å². The highest BCUT2D eigenvalue weighted by molar-refractivity contribution is 5.27. The van der Waals surface area contributed by atoms with Crippen LogP contribution in [0.15, 0.2) is 24.3 Å². The molecule has 0 radical (unpaired) electrons. The Labute approximate surface area is 74.4 Å². The van der Waals surface area contributed by atoms with E-state index in [4.69, 9.17) is 11.2 Å². The summed E-state index contributed by atoms with van der Waals surface area (Å²) in [6, 6.07) is 7.59. The monoisotopic (exact) mass is 162 g/mol. The van der Waals surface area contributed by atoms with Gasteiger partial charge in [-0.15, -0.1) is 0 Å². The highest BCUT2D eigenvalue weighted by Crippen LogP contribution is 2.10. The molecule has 1 aromatic carbocycles. The molecule has 0 atom stereocenters. The van der Waals surface area contributed by atoms with Crippen LogP contribution < -0.4 is 4.74 Å². The minimum Gasteiger partial charge on any atom is -0.408 e. The molecular formula is C11H14O. The van der Waals surface area contributed by atoms with Crippen LogP contribution in [-0.4, -0.2) is 0 Å². The lowest BCUT2D eigenvalue weighted by Gasteiger charge is -1.95. The molecular weight excluding hydrogens is 148 g/mol. The molecule has 1 aromatic rings. The minimum absolute atomic E-state index is 0.716. The van der Waals surface area contributed by atoms with Crippen molar-refractivity contribution in [1.29, 1.82) is 0 Å². The van der Waals surface area contributed by atoms with Crippen molar-refractivity contribution < 1.29 is 4.74 Å². The number of rotatable bonds is 1. The Morgan fingerprint density at radius 3 is 2.08 bits per heavy atom. The first-order valence-electron chi connectivity index (χ1n) is 4.02. The lowest BCUT2D eigenvalue weighted by atomic mass is 10.2. The summed E-state index contributed by atoms with van der Waals surface area (Å²) in [5.74, 6) is 0.716. The SMILES string of the molecule is C#COc1ccc(C)cc1.CC. The van der Waals surface area contributed by atoms with Crippen LogP contribution >= 0.6 is 0 Å². The second kappa shape index (κ2) is 6.30. The van der Waals surface area contributed by atoms with Crippen LogP contribution in [0.1, 0.15) is 19.4 Å². The molecule has 0 fully saturated rings. The van der Waals surface area contributed by atoms with Gasteiger partial charge < -0.3 is 4.74 Å². The van der Waals surface area contributed by atoms with E-state index < -0.39 is 0 Å². The lowest BCUT2D eigenvalue weighted by Crippen LogP contribution is -1.80. The van der Waals surface area contributed by atoms with Crippen molar-refractivity contribution in [3.8, 4) is 18.3 Å². The van der Waals surface area contributed by atoms with Crippen molar-refractivity contribution in [3.63, 3.8) is 0 Å². The van der Waals surface area contributed by atoms with Crippen molar-refractivity contribution in [2.75, 3.05) is 0 Å². The molecule has 0 aliphatic carbocycles. The minimum atomic E-state index is 0.716. The molecule has 0 unspecified atom stereocenters. The Balaban J connectivity index is 0.000000561. The third kappa shape index (κ3) is 3.68. The van der Waals surface area contributed by atoms with E-state index in [-0.39, 0.29) is 0 Å². The van der Waals surface area contributed by atoms with Crippen molar-refractivity contribution in [3.05, 3.63) is 29.8 Å². The second-order valence-corrected chi connectivity index (χ2v) is 2.03. The maximum absolute atomic E-state index is 4.93. The van der Waals surface area contributed by atoms with E-state index in [1.165, 1.54) is 5.56 Å². The summed E-state index contributed by atoms with van der Waals surface area (Å²) in [5.41, 5.74) is 1.20. The predicted molar refractivity (Wildman–Crippen MR) is 52.0 cm³/mol. The molecule has 64 valence electrons. The molecule has 0 saturated carbocycles. The lowest BCUT2D eigenvalue weighted by molar-refractivity contribution is 0.520. The van der Waals surface area contributed by atoms with Crippen molar-refractivity contribution >= 4 is 0 Å². The standard InChI is InChI=1S/C9H8O.C2H6/c1-3-10-9-6-4-8(2)5-7-9;1-2/h1,4-7H,2H3;1-2H3. The van der Waals surface area contributed by atoms with E-state index in [0.717, 1.165) is 0 Å². The number of benzene rings is 1. The molecule has 1 heteroatoms. The molecule has 1 rings (SSSR count). The van der Waals surface area contributed by atoms with Gasteiger partial charge in [0.05, 0.1) is 0 Å². The zero-order valence-electron chi connectivity index (χ0n) is 7.79. The summed E-state index contributed by atoms with van der Waals surface area (Å²) < 4.78 is 4.79. The summed E-state index contributed by atoms with van der Waals surface area (Å²) in [5, 5.41) is 0. The molecule has 1 nitrogen and oxygen atoms in total. The van der Waals surface area contributed by atoms with Crippen LogP contribution in [0, 0.1) is 19.5 Å². The smallest absolute Gasteiger partial charge is 0.140 e. The van der Waals surface area contributed by atoms with Crippen LogP contribution in [0.5, 0.6) is 5.75 Å². The van der Waals surface area contributed by atoms with Gasteiger partial charge in [-0.2, -0.15) is 0 Å². The highest BCUT2D eigenvalue weighted by Gasteiger charge is 1.87. The molecule has 0 saturated heterocycles. The molecule has 12 heavy (non-hydrogen) atoms. The fourth-order valence-electron chi connectivity index (χ4n) is 0.674. The summed E-state index contributed by atoms with van der Waals surface area (Å²) in [7, 11) is 0. The largest absolute Gasteiger partial charge is 0.408 e. The zero-order chi connectivity index (χ0) is 9.40. The molecule has 0 spiro atoms. The number of hydrogen-bond donors (Lipinski definition) is 0. The maximum atomic E-state index is 4.93. The molecule has 0 heterocycles. The quantitative estimate of drug-likeness (QED) is 0.577. The molecule has 0 aromatic heterocycles. The van der Waals surface area contributed by atoms with Gasteiger partial charge in [0.2, 0.25) is 0 Å². The molecule has 0 aliphatic rings. The predicted octanol–water partition coefficient (Wildman–Crippen LogP) is 2.99. The third-order valence-electron chi connectivity index (χ3n) is 1.20. The first kappa shape index (κ1) is 10.6. The van der Waals surface area contributed by atoms with Gasteiger partial charge in [0, 0.05) is 0 Å². The molecule has 0 aliphatic heterocycles. The number of aryl methyl sites for hydroxylation is 1. The first-order chi connectivity index (χ1) is 5.83. The summed E-state index contributed by atoms with van der Waals surface area (Å²) in [6.07, 6.45) is 7.03. The fourth-order valence-corrected chi connectivity index (χ4v) is 0.674. The Kier molecular flexibility index (Phi) is 5.55. The highest BCUT2D eigenvalue weighted by atomic mass is 16.5. The normalized spacial score (nSPS) is 7.50. The average molecular weight is 162 g/mol. The topological polar surface area (TPSA) is 9.23 Å². The van der Waals surface area contributed by atoms with E-state index in [2.05, 4.69) is 6.11 Å². The number of terminal acetylenes is 1. The average Bonchev–Trinajstić information content (AvgIpc) is 2.13. The van der Waals surface area contributed by atoms with Gasteiger partial charge in [-0.3, -0.25) is 0 Å². The Bertz CT molecular complexity index is 241. The zero-order valence-corrected chi connectivity index (χ0v) is 7.79. The van der Waals surface area contributed by atoms with Crippen LogP contribution in [0.3, 0.4) is 0 Å². The van der Waals surface area contributed by atoms with Gasteiger partial charge >= 0.3 is 0 Å². The maximum Gasteiger partial charge on any atom is 0.140 e.